The Morgan fingerprint density at radius 3 is 2.65 bits per heavy atom. The van der Waals surface area contributed by atoms with Crippen LogP contribution >= 0.6 is 35.3 Å². The van der Waals surface area contributed by atoms with E-state index in [1.165, 1.54) is 29.0 Å². The number of nitrogens with zero attached hydrogens (tertiary/aromatic N) is 2. The fourth-order valence-electron chi connectivity index (χ4n) is 3.29. The summed E-state index contributed by atoms with van der Waals surface area (Å²) in [6.07, 6.45) is 5.63. The Bertz CT molecular complexity index is 665. The molecule has 0 radical (unpaired) electrons. The van der Waals surface area contributed by atoms with Crippen molar-refractivity contribution in [2.75, 3.05) is 26.7 Å². The summed E-state index contributed by atoms with van der Waals surface area (Å²) in [5.74, 6) is 1.86. The van der Waals surface area contributed by atoms with Gasteiger partial charge in [-0.25, -0.2) is 0 Å². The van der Waals surface area contributed by atoms with Gasteiger partial charge >= 0.3 is 0 Å². The number of piperidine rings is 1. The van der Waals surface area contributed by atoms with Gasteiger partial charge in [0.25, 0.3) is 0 Å². The Morgan fingerprint density at radius 2 is 2.04 bits per heavy atom. The van der Waals surface area contributed by atoms with Gasteiger partial charge in [-0.2, -0.15) is 0 Å². The minimum absolute atomic E-state index is 0. The molecule has 5 nitrogen and oxygen atoms in total. The lowest BCUT2D eigenvalue weighted by atomic mass is 10.1. The average molecular weight is 488 g/mol. The third-order valence-corrected chi connectivity index (χ3v) is 5.62. The molecule has 2 N–H and O–H groups in total. The number of thiophene rings is 1. The van der Waals surface area contributed by atoms with Crippen LogP contribution in [0.2, 0.25) is 0 Å². The number of hydrogen-bond donors (Lipinski definition) is 2. The van der Waals surface area contributed by atoms with Gasteiger partial charge in [0, 0.05) is 23.3 Å². The molecule has 1 aliphatic rings. The van der Waals surface area contributed by atoms with Crippen molar-refractivity contribution >= 4 is 41.3 Å². The summed E-state index contributed by atoms with van der Waals surface area (Å²) in [6, 6.07) is 8.61. The van der Waals surface area contributed by atoms with E-state index in [1.54, 1.807) is 6.26 Å². The van der Waals surface area contributed by atoms with Crippen molar-refractivity contribution in [3.63, 3.8) is 0 Å². The fraction of sp³-hybridized carbons (Fsp3) is 0.526. The first-order valence-electron chi connectivity index (χ1n) is 9.03. The second-order valence-corrected chi connectivity index (χ2v) is 7.82. The third-order valence-electron chi connectivity index (χ3n) is 4.62. The van der Waals surface area contributed by atoms with E-state index < -0.39 is 0 Å². The highest BCUT2D eigenvalue weighted by Crippen LogP contribution is 2.24. The van der Waals surface area contributed by atoms with Crippen LogP contribution in [0.4, 0.5) is 0 Å². The van der Waals surface area contributed by atoms with E-state index >= 15 is 0 Å². The highest BCUT2D eigenvalue weighted by Gasteiger charge is 2.24. The molecule has 1 fully saturated rings. The Morgan fingerprint density at radius 1 is 1.23 bits per heavy atom. The molecule has 1 saturated heterocycles. The molecule has 3 rings (SSSR count). The Balaban J connectivity index is 0.00000243. The van der Waals surface area contributed by atoms with Crippen molar-refractivity contribution in [3.05, 3.63) is 46.0 Å². The summed E-state index contributed by atoms with van der Waals surface area (Å²) in [4.78, 5) is 9.53. The van der Waals surface area contributed by atoms with Crippen molar-refractivity contribution in [3.8, 4) is 0 Å². The highest BCUT2D eigenvalue weighted by molar-refractivity contribution is 14.0. The molecule has 0 aliphatic carbocycles. The molecule has 7 heteroatoms. The standard InChI is InChI=1S/C19H28N4OS.HI/c1-15-8-9-16(25-15)13-21-19(20-2)22-14-17(18-7-6-12-24-18)23-10-4-3-5-11-23;/h6-9,12,17H,3-5,10-11,13-14H2,1-2H3,(H2,20,21,22);1H. The maximum absolute atomic E-state index is 5.71. The van der Waals surface area contributed by atoms with Gasteiger partial charge in [-0.3, -0.25) is 9.89 Å². The molecule has 0 spiro atoms. The number of hydrogen-bond acceptors (Lipinski definition) is 4. The van der Waals surface area contributed by atoms with Gasteiger partial charge in [-0.05, 0) is 57.1 Å². The SMILES string of the molecule is CN=C(NCc1ccc(C)s1)NCC(c1ccco1)N1CCCCC1.I. The minimum atomic E-state index is 0. The van der Waals surface area contributed by atoms with Crippen LogP contribution in [0.25, 0.3) is 0 Å². The summed E-state index contributed by atoms with van der Waals surface area (Å²) in [7, 11) is 1.82. The number of rotatable bonds is 6. The van der Waals surface area contributed by atoms with Crippen LogP contribution in [-0.4, -0.2) is 37.5 Å². The molecule has 0 saturated carbocycles. The van der Waals surface area contributed by atoms with E-state index in [1.807, 2.05) is 24.5 Å². The van der Waals surface area contributed by atoms with Crippen LogP contribution in [0.15, 0.2) is 39.9 Å². The second kappa shape index (κ2) is 10.9. The van der Waals surface area contributed by atoms with Crippen molar-refractivity contribution in [1.82, 2.24) is 15.5 Å². The number of nitrogens with one attached hydrogen (secondary N) is 2. The number of likely N-dealkylation sites (tertiary alicyclic amines) is 1. The van der Waals surface area contributed by atoms with Crippen molar-refractivity contribution in [2.45, 2.75) is 38.8 Å². The number of aliphatic imine (C=N–C) groups is 1. The zero-order valence-electron chi connectivity index (χ0n) is 15.5. The predicted molar refractivity (Wildman–Crippen MR) is 120 cm³/mol. The van der Waals surface area contributed by atoms with Crippen LogP contribution in [0, 0.1) is 6.92 Å². The van der Waals surface area contributed by atoms with E-state index in [0.29, 0.717) is 0 Å². The van der Waals surface area contributed by atoms with Crippen molar-refractivity contribution in [1.29, 1.82) is 0 Å². The predicted octanol–water partition coefficient (Wildman–Crippen LogP) is 4.16. The van der Waals surface area contributed by atoms with Gasteiger partial charge in [0.15, 0.2) is 5.96 Å². The lowest BCUT2D eigenvalue weighted by molar-refractivity contribution is 0.146. The zero-order valence-corrected chi connectivity index (χ0v) is 18.7. The van der Waals surface area contributed by atoms with Crippen LogP contribution in [0.1, 0.15) is 40.8 Å². The third kappa shape index (κ3) is 5.99. The first-order valence-corrected chi connectivity index (χ1v) is 9.85. The lowest BCUT2D eigenvalue weighted by Crippen LogP contribution is -2.44. The van der Waals surface area contributed by atoms with E-state index in [9.17, 15) is 0 Å². The Kier molecular flexibility index (Phi) is 8.94. The first kappa shape index (κ1) is 21.2. The van der Waals surface area contributed by atoms with Crippen LogP contribution in [0.5, 0.6) is 0 Å². The topological polar surface area (TPSA) is 52.8 Å². The number of aryl methyl sites for hydroxylation is 1. The molecule has 0 amide bonds. The van der Waals surface area contributed by atoms with Gasteiger partial charge < -0.3 is 15.1 Å². The van der Waals surface area contributed by atoms with Gasteiger partial charge in [0.1, 0.15) is 5.76 Å². The van der Waals surface area contributed by atoms with Crippen LogP contribution in [-0.2, 0) is 6.54 Å². The molecule has 1 aliphatic heterocycles. The molecular formula is C19H29IN4OS. The minimum Gasteiger partial charge on any atom is -0.468 e. The van der Waals surface area contributed by atoms with E-state index in [0.717, 1.165) is 37.9 Å². The molecule has 0 aromatic carbocycles. The summed E-state index contributed by atoms with van der Waals surface area (Å²) in [6.45, 7) is 5.98. The summed E-state index contributed by atoms with van der Waals surface area (Å²) in [5.41, 5.74) is 0. The lowest BCUT2D eigenvalue weighted by Gasteiger charge is -2.33. The molecule has 1 unspecified atom stereocenters. The summed E-state index contributed by atoms with van der Waals surface area (Å²) < 4.78 is 5.71. The second-order valence-electron chi connectivity index (χ2n) is 6.45. The largest absolute Gasteiger partial charge is 0.468 e. The maximum Gasteiger partial charge on any atom is 0.191 e. The molecule has 0 bridgehead atoms. The normalized spacial score (nSPS) is 16.8. The Labute approximate surface area is 177 Å². The average Bonchev–Trinajstić information content (AvgIpc) is 3.31. The zero-order chi connectivity index (χ0) is 17.5. The molecular weight excluding hydrogens is 459 g/mol. The number of halogens is 1. The number of guanidine groups is 1. The highest BCUT2D eigenvalue weighted by atomic mass is 127. The molecule has 2 aromatic heterocycles. The molecule has 26 heavy (non-hydrogen) atoms. The van der Waals surface area contributed by atoms with Crippen molar-refractivity contribution in [2.24, 2.45) is 4.99 Å². The molecule has 144 valence electrons. The molecule has 2 aromatic rings. The van der Waals surface area contributed by atoms with Gasteiger partial charge in [-0.1, -0.05) is 6.42 Å². The first-order chi connectivity index (χ1) is 12.3. The van der Waals surface area contributed by atoms with Crippen LogP contribution < -0.4 is 10.6 Å². The smallest absolute Gasteiger partial charge is 0.191 e. The quantitative estimate of drug-likeness (QED) is 0.364. The van der Waals surface area contributed by atoms with E-state index in [2.05, 4.69) is 45.6 Å². The van der Waals surface area contributed by atoms with Crippen molar-refractivity contribution < 1.29 is 4.42 Å². The summed E-state index contributed by atoms with van der Waals surface area (Å²) >= 11 is 1.82. The molecule has 1 atom stereocenters. The summed E-state index contributed by atoms with van der Waals surface area (Å²) in [5, 5.41) is 6.88. The van der Waals surface area contributed by atoms with E-state index in [4.69, 9.17) is 4.42 Å². The van der Waals surface area contributed by atoms with E-state index in [-0.39, 0.29) is 30.0 Å². The Hall–Kier alpha value is -1.06. The fourth-order valence-corrected chi connectivity index (χ4v) is 4.12. The van der Waals surface area contributed by atoms with Gasteiger partial charge in [0.05, 0.1) is 18.8 Å². The maximum atomic E-state index is 5.71. The van der Waals surface area contributed by atoms with Gasteiger partial charge in [-0.15, -0.1) is 35.3 Å². The van der Waals surface area contributed by atoms with Gasteiger partial charge in [0.2, 0.25) is 0 Å². The van der Waals surface area contributed by atoms with Crippen LogP contribution in [0.3, 0.4) is 0 Å². The monoisotopic (exact) mass is 488 g/mol. The number of furan rings is 1. The molecule has 3 heterocycles.